The summed E-state index contributed by atoms with van der Waals surface area (Å²) in [5.74, 6) is 1.08. The highest BCUT2D eigenvalue weighted by molar-refractivity contribution is 7.99. The van der Waals surface area contributed by atoms with Gasteiger partial charge in [-0.15, -0.1) is 5.10 Å². The Morgan fingerprint density at radius 3 is 2.88 bits per heavy atom. The molecule has 3 rings (SSSR count). The Balaban J connectivity index is 1.45. The fourth-order valence-corrected chi connectivity index (χ4v) is 2.97. The summed E-state index contributed by atoms with van der Waals surface area (Å²) in [4.78, 5) is 2.49. The van der Waals surface area contributed by atoms with E-state index in [4.69, 9.17) is 0 Å². The van der Waals surface area contributed by atoms with Gasteiger partial charge in [0.25, 0.3) is 0 Å². The first-order valence-corrected chi connectivity index (χ1v) is 7.26. The SMILES string of the molecule is C1CN(CCSc2nnnn2C2CC2)CCN1. The summed E-state index contributed by atoms with van der Waals surface area (Å²) in [7, 11) is 0. The van der Waals surface area contributed by atoms with E-state index in [1.165, 1.54) is 12.8 Å². The van der Waals surface area contributed by atoms with Crippen molar-refractivity contribution in [1.82, 2.24) is 30.4 Å². The third kappa shape index (κ3) is 2.97. The summed E-state index contributed by atoms with van der Waals surface area (Å²) in [5, 5.41) is 16.3. The van der Waals surface area contributed by atoms with Gasteiger partial charge in [0.05, 0.1) is 6.04 Å². The first-order valence-electron chi connectivity index (χ1n) is 6.27. The predicted molar refractivity (Wildman–Crippen MR) is 66.1 cm³/mol. The second kappa shape index (κ2) is 5.32. The van der Waals surface area contributed by atoms with Crippen LogP contribution in [0.5, 0.6) is 0 Å². The van der Waals surface area contributed by atoms with Crippen LogP contribution < -0.4 is 5.32 Å². The number of tetrazole rings is 1. The van der Waals surface area contributed by atoms with Gasteiger partial charge in [-0.2, -0.15) is 0 Å². The third-order valence-corrected chi connectivity index (χ3v) is 4.12. The summed E-state index contributed by atoms with van der Waals surface area (Å²) in [6.07, 6.45) is 2.47. The number of hydrogen-bond acceptors (Lipinski definition) is 6. The highest BCUT2D eigenvalue weighted by Crippen LogP contribution is 2.36. The molecule has 1 aliphatic heterocycles. The fraction of sp³-hybridized carbons (Fsp3) is 0.900. The second-order valence-corrected chi connectivity index (χ2v) is 5.64. The average molecular weight is 254 g/mol. The first-order chi connectivity index (χ1) is 8.43. The van der Waals surface area contributed by atoms with E-state index < -0.39 is 0 Å². The summed E-state index contributed by atoms with van der Waals surface area (Å²) in [5.41, 5.74) is 0. The maximum Gasteiger partial charge on any atom is 0.209 e. The zero-order valence-corrected chi connectivity index (χ0v) is 10.7. The Hall–Kier alpha value is -0.660. The molecule has 0 amide bonds. The summed E-state index contributed by atoms with van der Waals surface area (Å²) in [6, 6.07) is 0.576. The lowest BCUT2D eigenvalue weighted by molar-refractivity contribution is 0.255. The molecule has 2 aliphatic rings. The Bertz CT molecular complexity index is 357. The Kier molecular flexibility index (Phi) is 3.58. The normalized spacial score (nSPS) is 21.9. The zero-order chi connectivity index (χ0) is 11.5. The Morgan fingerprint density at radius 2 is 2.12 bits per heavy atom. The summed E-state index contributed by atoms with van der Waals surface area (Å²) >= 11 is 1.78. The summed E-state index contributed by atoms with van der Waals surface area (Å²) in [6.45, 7) is 5.68. The Labute approximate surface area is 105 Å². The van der Waals surface area contributed by atoms with Crippen LogP contribution in [-0.2, 0) is 0 Å². The highest BCUT2D eigenvalue weighted by atomic mass is 32.2. The predicted octanol–water partition coefficient (Wildman–Crippen LogP) is 0.00530. The van der Waals surface area contributed by atoms with E-state index in [0.29, 0.717) is 6.04 Å². The van der Waals surface area contributed by atoms with Gasteiger partial charge in [0, 0.05) is 38.5 Å². The van der Waals surface area contributed by atoms with Gasteiger partial charge in [-0.25, -0.2) is 4.68 Å². The highest BCUT2D eigenvalue weighted by Gasteiger charge is 2.27. The molecule has 2 heterocycles. The minimum absolute atomic E-state index is 0.576. The molecule has 0 unspecified atom stereocenters. The third-order valence-electron chi connectivity index (χ3n) is 3.20. The molecule has 1 aromatic rings. The van der Waals surface area contributed by atoms with Crippen LogP contribution in [0.4, 0.5) is 0 Å². The molecule has 1 aromatic heterocycles. The first kappa shape index (κ1) is 11.4. The molecule has 1 saturated carbocycles. The molecule has 0 spiro atoms. The van der Waals surface area contributed by atoms with Crippen molar-refractivity contribution in [3.8, 4) is 0 Å². The minimum Gasteiger partial charge on any atom is -0.314 e. The largest absolute Gasteiger partial charge is 0.314 e. The van der Waals surface area contributed by atoms with Gasteiger partial charge in [-0.3, -0.25) is 4.90 Å². The van der Waals surface area contributed by atoms with Gasteiger partial charge in [-0.05, 0) is 23.3 Å². The number of hydrogen-bond donors (Lipinski definition) is 1. The van der Waals surface area contributed by atoms with Crippen molar-refractivity contribution < 1.29 is 0 Å². The van der Waals surface area contributed by atoms with Crippen LogP contribution in [0.15, 0.2) is 5.16 Å². The lowest BCUT2D eigenvalue weighted by Crippen LogP contribution is -2.44. The van der Waals surface area contributed by atoms with E-state index in [1.54, 1.807) is 11.8 Å². The van der Waals surface area contributed by atoms with E-state index in [0.717, 1.165) is 43.6 Å². The van der Waals surface area contributed by atoms with Crippen LogP contribution in [0.1, 0.15) is 18.9 Å². The van der Waals surface area contributed by atoms with Crippen molar-refractivity contribution in [3.05, 3.63) is 0 Å². The smallest absolute Gasteiger partial charge is 0.209 e. The van der Waals surface area contributed by atoms with E-state index in [1.807, 2.05) is 4.68 Å². The van der Waals surface area contributed by atoms with Crippen molar-refractivity contribution in [3.63, 3.8) is 0 Å². The molecule has 2 fully saturated rings. The van der Waals surface area contributed by atoms with Crippen molar-refractivity contribution in [2.75, 3.05) is 38.5 Å². The maximum atomic E-state index is 4.09. The van der Waals surface area contributed by atoms with Crippen molar-refractivity contribution in [2.45, 2.75) is 24.0 Å². The van der Waals surface area contributed by atoms with Gasteiger partial charge in [0.1, 0.15) is 0 Å². The van der Waals surface area contributed by atoms with Crippen LogP contribution in [0.2, 0.25) is 0 Å². The second-order valence-electron chi connectivity index (χ2n) is 4.58. The van der Waals surface area contributed by atoms with E-state index in [9.17, 15) is 0 Å². The standard InChI is InChI=1S/C10H18N6S/c1-2-9(1)16-10(12-13-14-16)17-8-7-15-5-3-11-4-6-15/h9,11H,1-8H2. The average Bonchev–Trinajstić information content (AvgIpc) is 3.11. The number of nitrogens with one attached hydrogen (secondary N) is 1. The molecule has 1 N–H and O–H groups in total. The van der Waals surface area contributed by atoms with Gasteiger partial charge in [-0.1, -0.05) is 11.8 Å². The molecule has 0 atom stereocenters. The van der Waals surface area contributed by atoms with E-state index in [-0.39, 0.29) is 0 Å². The lowest BCUT2D eigenvalue weighted by Gasteiger charge is -2.26. The summed E-state index contributed by atoms with van der Waals surface area (Å²) < 4.78 is 1.99. The van der Waals surface area contributed by atoms with Gasteiger partial charge < -0.3 is 5.32 Å². The van der Waals surface area contributed by atoms with Crippen LogP contribution in [0, 0.1) is 0 Å². The lowest BCUT2D eigenvalue weighted by atomic mass is 10.4. The number of thioether (sulfide) groups is 1. The molecule has 17 heavy (non-hydrogen) atoms. The van der Waals surface area contributed by atoms with Crippen molar-refractivity contribution in [2.24, 2.45) is 0 Å². The van der Waals surface area contributed by atoms with Gasteiger partial charge >= 0.3 is 0 Å². The van der Waals surface area contributed by atoms with E-state index >= 15 is 0 Å². The molecule has 7 heteroatoms. The quantitative estimate of drug-likeness (QED) is 0.747. The van der Waals surface area contributed by atoms with Gasteiger partial charge in [0.15, 0.2) is 0 Å². The Morgan fingerprint density at radius 1 is 1.29 bits per heavy atom. The fourth-order valence-electron chi connectivity index (χ4n) is 2.03. The maximum absolute atomic E-state index is 4.09. The van der Waals surface area contributed by atoms with Crippen LogP contribution >= 0.6 is 11.8 Å². The van der Waals surface area contributed by atoms with E-state index in [2.05, 4.69) is 25.7 Å². The van der Waals surface area contributed by atoms with Crippen LogP contribution in [-0.4, -0.2) is 63.6 Å². The molecule has 1 saturated heterocycles. The molecule has 0 bridgehead atoms. The molecule has 1 aliphatic carbocycles. The minimum atomic E-state index is 0.576. The van der Waals surface area contributed by atoms with Gasteiger partial charge in [0.2, 0.25) is 5.16 Å². The molecule has 6 nitrogen and oxygen atoms in total. The topological polar surface area (TPSA) is 58.9 Å². The van der Waals surface area contributed by atoms with Crippen molar-refractivity contribution in [1.29, 1.82) is 0 Å². The number of aromatic nitrogens is 4. The molecule has 94 valence electrons. The number of piperazine rings is 1. The monoisotopic (exact) mass is 254 g/mol. The molecular weight excluding hydrogens is 236 g/mol. The number of rotatable bonds is 5. The van der Waals surface area contributed by atoms with Crippen molar-refractivity contribution >= 4 is 11.8 Å². The van der Waals surface area contributed by atoms with Crippen LogP contribution in [0.3, 0.4) is 0 Å². The molecular formula is C10H18N6S. The molecule has 0 radical (unpaired) electrons. The number of nitrogens with zero attached hydrogens (tertiary/aromatic N) is 5. The zero-order valence-electron chi connectivity index (χ0n) is 9.88. The van der Waals surface area contributed by atoms with Crippen LogP contribution in [0.25, 0.3) is 0 Å². The molecule has 0 aromatic carbocycles.